The molecule has 31 heavy (non-hydrogen) atoms. The van der Waals surface area contributed by atoms with E-state index in [1.54, 1.807) is 43.8 Å². The highest BCUT2D eigenvalue weighted by molar-refractivity contribution is 7.98. The number of hydrogen-bond acceptors (Lipinski definition) is 4. The molecule has 0 radical (unpaired) electrons. The number of rotatable bonds is 9. The van der Waals surface area contributed by atoms with Gasteiger partial charge in [-0.05, 0) is 47.4 Å². The fraction of sp³-hybridized carbons (Fsp3) is 0.391. The van der Waals surface area contributed by atoms with Crippen LogP contribution in [0.5, 0.6) is 0 Å². The minimum atomic E-state index is -4.70. The molecular formula is C23H25F3N2O2S. The Morgan fingerprint density at radius 3 is 2.10 bits per heavy atom. The maximum atomic E-state index is 13.8. The Balaban J connectivity index is 2.28. The molecule has 1 amide bonds. The van der Waals surface area contributed by atoms with Crippen molar-refractivity contribution in [1.29, 1.82) is 5.26 Å². The predicted octanol–water partition coefficient (Wildman–Crippen LogP) is 5.75. The zero-order valence-corrected chi connectivity index (χ0v) is 18.4. The number of nitrogens with one attached hydrogen (secondary N) is 1. The van der Waals surface area contributed by atoms with Crippen LogP contribution in [-0.4, -0.2) is 31.0 Å². The van der Waals surface area contributed by atoms with Gasteiger partial charge in [0.15, 0.2) is 6.10 Å². The number of carbonyl (C=O) groups is 1. The van der Waals surface area contributed by atoms with Crippen molar-refractivity contribution in [3.8, 4) is 17.2 Å². The fourth-order valence-corrected chi connectivity index (χ4v) is 3.44. The molecule has 2 rings (SSSR count). The largest absolute Gasteiger partial charge is 0.418 e. The van der Waals surface area contributed by atoms with Crippen molar-refractivity contribution in [3.63, 3.8) is 0 Å². The fourth-order valence-electron chi connectivity index (χ4n) is 3.04. The molecule has 166 valence electrons. The summed E-state index contributed by atoms with van der Waals surface area (Å²) in [5, 5.41) is 10.9. The molecule has 2 unspecified atom stereocenters. The molecule has 0 bridgehead atoms. The normalized spacial score (nSPS) is 13.5. The molecule has 0 saturated carbocycles. The lowest BCUT2D eigenvalue weighted by molar-refractivity contribution is -0.236. The standard InChI is InChI=1S/C23H25F3N2O2S/c1-15(2)14-20(22(29)28-13-12-27)30-21(23(24,25)26)18-6-4-16(5-7-18)17-8-10-19(31-3)11-9-17/h4-11,15,20-21H,13-14H2,1-3H3,(H,28,29). The number of nitriles is 1. The minimum absolute atomic E-state index is 0.0710. The third-order valence-electron chi connectivity index (χ3n) is 4.55. The van der Waals surface area contributed by atoms with Gasteiger partial charge in [0.1, 0.15) is 12.6 Å². The van der Waals surface area contributed by atoms with Crippen molar-refractivity contribution in [1.82, 2.24) is 5.32 Å². The highest BCUT2D eigenvalue weighted by Crippen LogP contribution is 2.38. The van der Waals surface area contributed by atoms with Gasteiger partial charge in [0.25, 0.3) is 0 Å². The number of carbonyl (C=O) groups excluding carboxylic acids is 1. The van der Waals surface area contributed by atoms with Gasteiger partial charge in [-0.3, -0.25) is 4.79 Å². The van der Waals surface area contributed by atoms with Crippen molar-refractivity contribution in [2.75, 3.05) is 12.8 Å². The second-order valence-corrected chi connectivity index (χ2v) is 8.28. The van der Waals surface area contributed by atoms with Crippen LogP contribution in [0, 0.1) is 17.2 Å². The topological polar surface area (TPSA) is 62.1 Å². The number of halogens is 3. The van der Waals surface area contributed by atoms with Crippen molar-refractivity contribution in [2.24, 2.45) is 5.92 Å². The van der Waals surface area contributed by atoms with Crippen LogP contribution in [0.25, 0.3) is 11.1 Å². The molecule has 2 atom stereocenters. The Kier molecular flexibility index (Phi) is 8.96. The van der Waals surface area contributed by atoms with Crippen LogP contribution in [0.2, 0.25) is 0 Å². The third kappa shape index (κ3) is 7.30. The summed E-state index contributed by atoms with van der Waals surface area (Å²) in [5.41, 5.74) is 1.59. The van der Waals surface area contributed by atoms with Crippen LogP contribution >= 0.6 is 11.8 Å². The van der Waals surface area contributed by atoms with E-state index in [1.807, 2.05) is 30.5 Å². The van der Waals surface area contributed by atoms with Crippen molar-refractivity contribution in [3.05, 3.63) is 54.1 Å². The highest BCUT2D eigenvalue weighted by atomic mass is 32.2. The average molecular weight is 451 g/mol. The molecule has 0 fully saturated rings. The van der Waals surface area contributed by atoms with Crippen LogP contribution in [0.1, 0.15) is 31.9 Å². The second-order valence-electron chi connectivity index (χ2n) is 7.40. The van der Waals surface area contributed by atoms with Gasteiger partial charge in [-0.2, -0.15) is 18.4 Å². The smallest absolute Gasteiger partial charge is 0.351 e. The SMILES string of the molecule is CSc1ccc(-c2ccc(C(OC(CC(C)C)C(=O)NCC#N)C(F)(F)F)cc2)cc1. The molecule has 4 nitrogen and oxygen atoms in total. The van der Waals surface area contributed by atoms with Gasteiger partial charge in [-0.15, -0.1) is 11.8 Å². The molecule has 0 aliphatic heterocycles. The molecule has 2 aromatic carbocycles. The number of benzene rings is 2. The molecule has 0 aromatic heterocycles. The Labute approximate surface area is 184 Å². The summed E-state index contributed by atoms with van der Waals surface area (Å²) < 4.78 is 46.7. The Morgan fingerprint density at radius 2 is 1.65 bits per heavy atom. The number of alkyl halides is 3. The average Bonchev–Trinajstić information content (AvgIpc) is 2.74. The second kappa shape index (κ2) is 11.2. The van der Waals surface area contributed by atoms with Crippen LogP contribution in [0.15, 0.2) is 53.4 Å². The van der Waals surface area contributed by atoms with Crippen molar-refractivity contribution >= 4 is 17.7 Å². The van der Waals surface area contributed by atoms with E-state index in [9.17, 15) is 18.0 Å². The van der Waals surface area contributed by atoms with Gasteiger partial charge in [0.2, 0.25) is 5.91 Å². The van der Waals surface area contributed by atoms with Crippen molar-refractivity contribution < 1.29 is 22.7 Å². The van der Waals surface area contributed by atoms with E-state index >= 15 is 0 Å². The molecule has 0 saturated heterocycles. The Morgan fingerprint density at radius 1 is 1.10 bits per heavy atom. The van der Waals surface area contributed by atoms with Gasteiger partial charge in [0, 0.05) is 4.90 Å². The first-order valence-corrected chi connectivity index (χ1v) is 11.0. The predicted molar refractivity (Wildman–Crippen MR) is 115 cm³/mol. The summed E-state index contributed by atoms with van der Waals surface area (Å²) in [4.78, 5) is 13.4. The lowest BCUT2D eigenvalue weighted by Gasteiger charge is -2.27. The van der Waals surface area contributed by atoms with E-state index in [0.717, 1.165) is 16.0 Å². The summed E-state index contributed by atoms with van der Waals surface area (Å²) in [7, 11) is 0. The number of thioether (sulfide) groups is 1. The molecule has 0 aliphatic carbocycles. The van der Waals surface area contributed by atoms with Crippen LogP contribution < -0.4 is 5.32 Å². The van der Waals surface area contributed by atoms with Gasteiger partial charge in [-0.25, -0.2) is 0 Å². The van der Waals surface area contributed by atoms with Gasteiger partial charge in [-0.1, -0.05) is 50.2 Å². The molecule has 0 spiro atoms. The first-order valence-electron chi connectivity index (χ1n) is 9.77. The Hall–Kier alpha value is -2.50. The van der Waals surface area contributed by atoms with Crippen molar-refractivity contribution in [2.45, 2.75) is 43.5 Å². The molecule has 8 heteroatoms. The number of ether oxygens (including phenoxy) is 1. The summed E-state index contributed by atoms with van der Waals surface area (Å²) in [6.07, 6.45) is -6.21. The van der Waals surface area contributed by atoms with Gasteiger partial charge in [0.05, 0.1) is 6.07 Å². The summed E-state index contributed by atoms with van der Waals surface area (Å²) in [6.45, 7) is 3.28. The number of amides is 1. The zero-order valence-electron chi connectivity index (χ0n) is 17.6. The van der Waals surface area contributed by atoms with E-state index in [2.05, 4.69) is 5.32 Å². The highest BCUT2D eigenvalue weighted by Gasteiger charge is 2.44. The maximum absolute atomic E-state index is 13.8. The van der Waals surface area contributed by atoms with E-state index in [1.165, 1.54) is 12.1 Å². The summed E-state index contributed by atoms with van der Waals surface area (Å²) in [6, 6.07) is 15.4. The minimum Gasteiger partial charge on any atom is -0.351 e. The quantitative estimate of drug-likeness (QED) is 0.390. The van der Waals surface area contributed by atoms with Gasteiger partial charge < -0.3 is 10.1 Å². The molecule has 0 heterocycles. The van der Waals surface area contributed by atoms with Crippen LogP contribution in [-0.2, 0) is 9.53 Å². The lowest BCUT2D eigenvalue weighted by Crippen LogP contribution is -2.40. The van der Waals surface area contributed by atoms with Crippen LogP contribution in [0.3, 0.4) is 0 Å². The first-order chi connectivity index (χ1) is 14.7. The van der Waals surface area contributed by atoms with E-state index in [0.29, 0.717) is 0 Å². The lowest BCUT2D eigenvalue weighted by atomic mass is 10.0. The Bertz CT molecular complexity index is 891. The van der Waals surface area contributed by atoms with E-state index in [4.69, 9.17) is 10.00 Å². The number of hydrogen-bond donors (Lipinski definition) is 1. The third-order valence-corrected chi connectivity index (χ3v) is 5.30. The van der Waals surface area contributed by atoms with E-state index < -0.39 is 24.3 Å². The summed E-state index contributed by atoms with van der Waals surface area (Å²) in [5.74, 6) is -0.798. The molecular weight excluding hydrogens is 425 g/mol. The zero-order chi connectivity index (χ0) is 23.0. The molecule has 2 aromatic rings. The van der Waals surface area contributed by atoms with E-state index in [-0.39, 0.29) is 24.4 Å². The molecule has 0 aliphatic rings. The monoisotopic (exact) mass is 450 g/mol. The van der Waals surface area contributed by atoms with Crippen LogP contribution in [0.4, 0.5) is 13.2 Å². The first kappa shape index (κ1) is 24.8. The number of nitrogens with zero attached hydrogens (tertiary/aromatic N) is 1. The maximum Gasteiger partial charge on any atom is 0.418 e. The van der Waals surface area contributed by atoms with Gasteiger partial charge >= 0.3 is 6.18 Å². The summed E-state index contributed by atoms with van der Waals surface area (Å²) >= 11 is 1.61. The molecule has 1 N–H and O–H groups in total.